The zero-order valence-corrected chi connectivity index (χ0v) is 17.5. The molecule has 3 heterocycles. The van der Waals surface area contributed by atoms with E-state index in [2.05, 4.69) is 5.32 Å². The van der Waals surface area contributed by atoms with Gasteiger partial charge in [0.25, 0.3) is 5.56 Å². The molecule has 1 saturated heterocycles. The molecule has 7 heteroatoms. The number of urea groups is 1. The van der Waals surface area contributed by atoms with Gasteiger partial charge in [-0.3, -0.25) is 4.79 Å². The minimum atomic E-state index is -0.320. The number of carbonyl (C=O) groups is 1. The monoisotopic (exact) mass is 437 g/mol. The van der Waals surface area contributed by atoms with E-state index in [9.17, 15) is 14.0 Å². The zero-order chi connectivity index (χ0) is 21.5. The molecular weight excluding hydrogens is 417 g/mol. The normalized spacial score (nSPS) is 19.6. The fraction of sp³-hybridized carbons (Fsp3) is 0.250. The largest absolute Gasteiger partial charge is 0.324 e. The van der Waals surface area contributed by atoms with Crippen molar-refractivity contribution in [2.45, 2.75) is 18.9 Å². The van der Waals surface area contributed by atoms with Crippen molar-refractivity contribution in [2.75, 3.05) is 18.4 Å². The Balaban J connectivity index is 1.47. The van der Waals surface area contributed by atoms with Crippen molar-refractivity contribution < 1.29 is 9.18 Å². The number of carbonyl (C=O) groups excluding carboxylic acids is 1. The average Bonchev–Trinajstić information content (AvgIpc) is 2.76. The molecule has 2 bridgehead atoms. The SMILES string of the molecule is O=C(Nc1ccc(Cl)cc1)N1C[C@@H]2C[C@@H](C1)c1c(-c3ccccc3F)ccc(=O)n1C2. The number of anilines is 1. The van der Waals surface area contributed by atoms with Gasteiger partial charge in [-0.15, -0.1) is 0 Å². The highest BCUT2D eigenvalue weighted by Crippen LogP contribution is 2.40. The molecule has 3 aromatic rings. The Morgan fingerprint density at radius 3 is 2.52 bits per heavy atom. The molecule has 2 aliphatic heterocycles. The van der Waals surface area contributed by atoms with Crippen molar-refractivity contribution >= 4 is 23.3 Å². The zero-order valence-electron chi connectivity index (χ0n) is 16.7. The Bertz CT molecular complexity index is 1210. The Morgan fingerprint density at radius 1 is 0.968 bits per heavy atom. The van der Waals surface area contributed by atoms with Crippen LogP contribution in [0.3, 0.4) is 0 Å². The van der Waals surface area contributed by atoms with E-state index in [0.717, 1.165) is 17.7 Å². The molecule has 1 aromatic heterocycles. The van der Waals surface area contributed by atoms with Gasteiger partial charge in [0.05, 0.1) is 0 Å². The van der Waals surface area contributed by atoms with E-state index in [1.165, 1.54) is 12.1 Å². The maximum atomic E-state index is 14.6. The van der Waals surface area contributed by atoms with Gasteiger partial charge in [-0.2, -0.15) is 0 Å². The summed E-state index contributed by atoms with van der Waals surface area (Å²) in [4.78, 5) is 27.3. The van der Waals surface area contributed by atoms with Gasteiger partial charge in [0, 0.05) is 59.1 Å². The second kappa shape index (κ2) is 7.85. The van der Waals surface area contributed by atoms with Gasteiger partial charge in [0.1, 0.15) is 5.82 Å². The molecule has 0 saturated carbocycles. The lowest BCUT2D eigenvalue weighted by Gasteiger charge is -2.43. The Kier molecular flexibility index (Phi) is 5.02. The Hall–Kier alpha value is -3.12. The Morgan fingerprint density at radius 2 is 1.74 bits per heavy atom. The van der Waals surface area contributed by atoms with Crippen molar-refractivity contribution in [1.29, 1.82) is 0 Å². The molecule has 31 heavy (non-hydrogen) atoms. The number of hydrogen-bond donors (Lipinski definition) is 1. The van der Waals surface area contributed by atoms with Crippen molar-refractivity contribution in [3.8, 4) is 11.1 Å². The van der Waals surface area contributed by atoms with Crippen LogP contribution in [-0.4, -0.2) is 28.6 Å². The fourth-order valence-corrected chi connectivity index (χ4v) is 4.95. The van der Waals surface area contributed by atoms with Crippen LogP contribution in [0, 0.1) is 11.7 Å². The highest BCUT2D eigenvalue weighted by Gasteiger charge is 2.38. The van der Waals surface area contributed by atoms with Crippen molar-refractivity contribution in [3.05, 3.63) is 87.6 Å². The summed E-state index contributed by atoms with van der Waals surface area (Å²) in [6.07, 6.45) is 0.871. The second-order valence-electron chi connectivity index (χ2n) is 8.20. The first-order chi connectivity index (χ1) is 15.0. The highest BCUT2D eigenvalue weighted by atomic mass is 35.5. The van der Waals surface area contributed by atoms with E-state index in [1.54, 1.807) is 58.0 Å². The highest BCUT2D eigenvalue weighted by molar-refractivity contribution is 6.30. The van der Waals surface area contributed by atoms with Gasteiger partial charge in [0.2, 0.25) is 0 Å². The molecule has 5 nitrogen and oxygen atoms in total. The summed E-state index contributed by atoms with van der Waals surface area (Å²) >= 11 is 5.92. The predicted octanol–water partition coefficient (Wildman–Crippen LogP) is 4.96. The molecule has 1 fully saturated rings. The lowest BCUT2D eigenvalue weighted by Crippen LogP contribution is -2.50. The van der Waals surface area contributed by atoms with E-state index in [-0.39, 0.29) is 29.2 Å². The number of aromatic nitrogens is 1. The van der Waals surface area contributed by atoms with Crippen LogP contribution in [0.15, 0.2) is 65.5 Å². The number of amides is 2. The summed E-state index contributed by atoms with van der Waals surface area (Å²) in [6, 6.07) is 16.6. The first-order valence-electron chi connectivity index (χ1n) is 10.3. The number of piperidine rings is 1. The van der Waals surface area contributed by atoms with Crippen LogP contribution in [0.5, 0.6) is 0 Å². The maximum Gasteiger partial charge on any atom is 0.321 e. The number of halogens is 2. The van der Waals surface area contributed by atoms with E-state index < -0.39 is 0 Å². The predicted molar refractivity (Wildman–Crippen MR) is 119 cm³/mol. The van der Waals surface area contributed by atoms with Crippen molar-refractivity contribution in [1.82, 2.24) is 9.47 Å². The summed E-state index contributed by atoms with van der Waals surface area (Å²) in [5, 5.41) is 3.52. The van der Waals surface area contributed by atoms with Crippen LogP contribution >= 0.6 is 11.6 Å². The minimum absolute atomic E-state index is 0.0352. The summed E-state index contributed by atoms with van der Waals surface area (Å²) < 4.78 is 16.3. The molecule has 2 amide bonds. The molecular formula is C24H21ClFN3O2. The molecule has 0 radical (unpaired) electrons. The number of rotatable bonds is 2. The number of nitrogens with one attached hydrogen (secondary N) is 1. The smallest absolute Gasteiger partial charge is 0.321 e. The van der Waals surface area contributed by atoms with Crippen LogP contribution in [0.4, 0.5) is 14.9 Å². The van der Waals surface area contributed by atoms with E-state index in [0.29, 0.717) is 35.9 Å². The summed E-state index contributed by atoms with van der Waals surface area (Å²) in [6.45, 7) is 1.57. The molecule has 2 atom stereocenters. The average molecular weight is 438 g/mol. The molecule has 2 aromatic carbocycles. The molecule has 0 aliphatic carbocycles. The third-order valence-electron chi connectivity index (χ3n) is 6.14. The van der Waals surface area contributed by atoms with Gasteiger partial charge in [-0.1, -0.05) is 29.8 Å². The second-order valence-corrected chi connectivity index (χ2v) is 8.64. The number of benzene rings is 2. The van der Waals surface area contributed by atoms with Crippen LogP contribution in [0.25, 0.3) is 11.1 Å². The molecule has 158 valence electrons. The number of likely N-dealkylation sites (tertiary alicyclic amines) is 1. The number of hydrogen-bond acceptors (Lipinski definition) is 2. The van der Waals surface area contributed by atoms with Crippen LogP contribution in [0.2, 0.25) is 5.02 Å². The molecule has 0 spiro atoms. The van der Waals surface area contributed by atoms with E-state index >= 15 is 0 Å². The van der Waals surface area contributed by atoms with Crippen molar-refractivity contribution in [2.24, 2.45) is 5.92 Å². The van der Waals surface area contributed by atoms with Gasteiger partial charge < -0.3 is 14.8 Å². The third kappa shape index (κ3) is 3.72. The van der Waals surface area contributed by atoms with E-state index in [4.69, 9.17) is 11.6 Å². The molecule has 2 aliphatic rings. The number of fused-ring (bicyclic) bond motifs is 4. The first-order valence-corrected chi connectivity index (χ1v) is 10.7. The van der Waals surface area contributed by atoms with Gasteiger partial charge in [-0.25, -0.2) is 9.18 Å². The van der Waals surface area contributed by atoms with Gasteiger partial charge in [-0.05, 0) is 48.7 Å². The summed E-state index contributed by atoms with van der Waals surface area (Å²) in [5.74, 6) is -0.179. The quantitative estimate of drug-likeness (QED) is 0.616. The third-order valence-corrected chi connectivity index (χ3v) is 6.39. The fourth-order valence-electron chi connectivity index (χ4n) is 4.82. The van der Waals surface area contributed by atoms with Crippen molar-refractivity contribution in [3.63, 3.8) is 0 Å². The molecule has 0 unspecified atom stereocenters. The van der Waals surface area contributed by atoms with Crippen LogP contribution < -0.4 is 10.9 Å². The van der Waals surface area contributed by atoms with Crippen LogP contribution in [0.1, 0.15) is 18.0 Å². The summed E-state index contributed by atoms with van der Waals surface area (Å²) in [7, 11) is 0. The number of nitrogens with zero attached hydrogens (tertiary/aromatic N) is 2. The van der Waals surface area contributed by atoms with Gasteiger partial charge in [0.15, 0.2) is 0 Å². The lowest BCUT2D eigenvalue weighted by atomic mass is 9.80. The number of pyridine rings is 1. The maximum absolute atomic E-state index is 14.6. The first kappa shape index (κ1) is 19.8. The standard InChI is InChI=1S/C24H21ClFN3O2/c25-17-5-7-18(8-6-17)27-24(31)28-12-15-11-16(14-28)23-20(9-10-22(30)29(23)13-15)19-3-1-2-4-21(19)26/h1-10,15-16H,11-14H2,(H,27,31)/t15-,16-/m0/s1. The molecule has 1 N–H and O–H groups in total. The minimum Gasteiger partial charge on any atom is -0.324 e. The van der Waals surface area contributed by atoms with E-state index in [1.807, 2.05) is 0 Å². The Labute approximate surface area is 184 Å². The molecule has 5 rings (SSSR count). The van der Waals surface area contributed by atoms with Crippen LogP contribution in [-0.2, 0) is 6.54 Å². The van der Waals surface area contributed by atoms with Gasteiger partial charge >= 0.3 is 6.03 Å². The topological polar surface area (TPSA) is 54.3 Å². The lowest BCUT2D eigenvalue weighted by molar-refractivity contribution is 0.140. The summed E-state index contributed by atoms with van der Waals surface area (Å²) in [5.41, 5.74) is 2.61.